The normalized spacial score (nSPS) is 12.6. The summed E-state index contributed by atoms with van der Waals surface area (Å²) in [5, 5.41) is 7.06. The Bertz CT molecular complexity index is 1220. The van der Waals surface area contributed by atoms with E-state index < -0.39 is 6.04 Å². The lowest BCUT2D eigenvalue weighted by Gasteiger charge is -2.15. The van der Waals surface area contributed by atoms with Crippen molar-refractivity contribution in [1.29, 1.82) is 0 Å². The van der Waals surface area contributed by atoms with Crippen LogP contribution in [0.1, 0.15) is 19.4 Å². The van der Waals surface area contributed by atoms with Crippen molar-refractivity contribution < 1.29 is 4.79 Å². The van der Waals surface area contributed by atoms with Crippen LogP contribution in [0.15, 0.2) is 36.7 Å². The molecule has 0 aliphatic heterocycles. The summed E-state index contributed by atoms with van der Waals surface area (Å²) in [5.74, 6) is 0.703. The van der Waals surface area contributed by atoms with E-state index in [1.54, 1.807) is 6.33 Å². The molecule has 1 aromatic carbocycles. The van der Waals surface area contributed by atoms with Crippen LogP contribution in [0.3, 0.4) is 0 Å². The molecule has 0 unspecified atom stereocenters. The summed E-state index contributed by atoms with van der Waals surface area (Å²) < 4.78 is 2.00. The van der Waals surface area contributed by atoms with Gasteiger partial charge in [-0.1, -0.05) is 32.0 Å². The van der Waals surface area contributed by atoms with Crippen LogP contribution in [-0.2, 0) is 18.4 Å². The molecule has 8 heteroatoms. The third-order valence-corrected chi connectivity index (χ3v) is 5.40. The van der Waals surface area contributed by atoms with E-state index in [2.05, 4.69) is 37.7 Å². The van der Waals surface area contributed by atoms with Gasteiger partial charge in [-0.15, -0.1) is 0 Å². The first-order valence-electron chi connectivity index (χ1n) is 10.0. The van der Waals surface area contributed by atoms with Crippen LogP contribution >= 0.6 is 0 Å². The zero-order chi connectivity index (χ0) is 21.4. The lowest BCUT2D eigenvalue weighted by atomic mass is 10.0. The van der Waals surface area contributed by atoms with Gasteiger partial charge in [0.25, 0.3) is 0 Å². The van der Waals surface area contributed by atoms with Crippen LogP contribution in [0.25, 0.3) is 33.3 Å². The molecule has 0 radical (unpaired) electrons. The van der Waals surface area contributed by atoms with Gasteiger partial charge in [-0.2, -0.15) is 0 Å². The number of hydrogen-bond acceptors (Lipinski definition) is 5. The summed E-state index contributed by atoms with van der Waals surface area (Å²) in [7, 11) is 3.82. The van der Waals surface area contributed by atoms with Crippen LogP contribution in [0.2, 0.25) is 0 Å². The van der Waals surface area contributed by atoms with Crippen molar-refractivity contribution in [2.45, 2.75) is 26.4 Å². The van der Waals surface area contributed by atoms with Crippen LogP contribution in [0.4, 0.5) is 5.82 Å². The van der Waals surface area contributed by atoms with E-state index >= 15 is 0 Å². The Balaban J connectivity index is 1.66. The number of aromatic nitrogens is 4. The first-order valence-corrected chi connectivity index (χ1v) is 10.0. The minimum absolute atomic E-state index is 0.0986. The number of imidazole rings is 1. The van der Waals surface area contributed by atoms with Crippen molar-refractivity contribution in [1.82, 2.24) is 24.8 Å². The number of rotatable bonds is 6. The molecular weight excluding hydrogens is 378 g/mol. The van der Waals surface area contributed by atoms with E-state index in [-0.39, 0.29) is 11.8 Å². The SMILES string of the molecule is CNc1nc2[nH]c(-c3cccc(CNC(=O)[C@H](N)C(C)C)c3)cc2c2c1ncn2C. The van der Waals surface area contributed by atoms with E-state index in [1.165, 1.54) is 0 Å². The number of nitrogens with two attached hydrogens (primary N) is 1. The molecule has 8 nitrogen and oxygen atoms in total. The molecule has 0 fully saturated rings. The van der Waals surface area contributed by atoms with Crippen molar-refractivity contribution >= 4 is 33.8 Å². The maximum atomic E-state index is 12.2. The summed E-state index contributed by atoms with van der Waals surface area (Å²) in [5.41, 5.74) is 11.6. The molecule has 3 heterocycles. The summed E-state index contributed by atoms with van der Waals surface area (Å²) in [6.07, 6.45) is 1.80. The van der Waals surface area contributed by atoms with Gasteiger partial charge in [-0.3, -0.25) is 4.79 Å². The number of amides is 1. The molecule has 4 aromatic rings. The lowest BCUT2D eigenvalue weighted by molar-refractivity contribution is -0.123. The van der Waals surface area contributed by atoms with Crippen molar-refractivity contribution in [3.63, 3.8) is 0 Å². The number of pyridine rings is 1. The quantitative estimate of drug-likeness (QED) is 0.394. The van der Waals surface area contributed by atoms with Gasteiger partial charge in [0.05, 0.1) is 17.9 Å². The summed E-state index contributed by atoms with van der Waals surface area (Å²) in [6, 6.07) is 9.66. The summed E-state index contributed by atoms with van der Waals surface area (Å²) >= 11 is 0. The van der Waals surface area contributed by atoms with Gasteiger partial charge >= 0.3 is 0 Å². The number of carbonyl (C=O) groups is 1. The standard InChI is InChI=1S/C22H27N7O/c1-12(2)17(23)22(30)25-10-13-6-5-7-14(8-13)16-9-15-19-18(26-11-29(19)4)21(24-3)28-20(15)27-16/h5-9,11-12,17H,10,23H2,1-4H3,(H,25,30)(H2,24,27,28)/t17-/m1/s1. The van der Waals surface area contributed by atoms with Crippen molar-refractivity contribution in [3.8, 4) is 11.3 Å². The number of H-pyrrole nitrogens is 1. The van der Waals surface area contributed by atoms with E-state index in [0.717, 1.165) is 44.7 Å². The molecule has 3 aromatic heterocycles. The molecule has 5 N–H and O–H groups in total. The van der Waals surface area contributed by atoms with E-state index in [4.69, 9.17) is 5.73 Å². The van der Waals surface area contributed by atoms with Gasteiger partial charge < -0.3 is 25.9 Å². The minimum atomic E-state index is -0.504. The van der Waals surface area contributed by atoms with Crippen LogP contribution in [0.5, 0.6) is 0 Å². The van der Waals surface area contributed by atoms with Crippen molar-refractivity contribution in [2.75, 3.05) is 12.4 Å². The second-order valence-electron chi connectivity index (χ2n) is 7.90. The molecule has 1 atom stereocenters. The van der Waals surface area contributed by atoms with Gasteiger partial charge in [0, 0.05) is 31.7 Å². The number of nitrogens with one attached hydrogen (secondary N) is 3. The molecule has 0 aliphatic rings. The molecule has 0 bridgehead atoms. The number of benzene rings is 1. The highest BCUT2D eigenvalue weighted by Crippen LogP contribution is 2.31. The third-order valence-electron chi connectivity index (χ3n) is 5.40. The number of aryl methyl sites for hydroxylation is 1. The molecular formula is C22H27N7O. The number of carbonyl (C=O) groups excluding carboxylic acids is 1. The Labute approximate surface area is 174 Å². The Morgan fingerprint density at radius 3 is 2.83 bits per heavy atom. The van der Waals surface area contributed by atoms with Crippen LogP contribution in [0, 0.1) is 5.92 Å². The fourth-order valence-electron chi connectivity index (χ4n) is 3.59. The largest absolute Gasteiger partial charge is 0.371 e. The number of fused-ring (bicyclic) bond motifs is 3. The number of nitrogens with zero attached hydrogens (tertiary/aromatic N) is 3. The van der Waals surface area contributed by atoms with Crippen molar-refractivity contribution in [2.24, 2.45) is 18.7 Å². The highest BCUT2D eigenvalue weighted by Gasteiger charge is 2.17. The zero-order valence-corrected chi connectivity index (χ0v) is 17.7. The second-order valence-corrected chi connectivity index (χ2v) is 7.90. The van der Waals surface area contributed by atoms with Crippen LogP contribution < -0.4 is 16.4 Å². The maximum Gasteiger partial charge on any atom is 0.237 e. The molecule has 30 heavy (non-hydrogen) atoms. The Morgan fingerprint density at radius 2 is 2.10 bits per heavy atom. The van der Waals surface area contributed by atoms with Gasteiger partial charge in [0.1, 0.15) is 11.2 Å². The highest BCUT2D eigenvalue weighted by atomic mass is 16.2. The molecule has 0 saturated heterocycles. The Hall–Kier alpha value is -3.39. The van der Waals surface area contributed by atoms with Gasteiger partial charge in [0.15, 0.2) is 5.82 Å². The van der Waals surface area contributed by atoms with Gasteiger partial charge in [-0.05, 0) is 29.2 Å². The van der Waals surface area contributed by atoms with E-state index in [0.29, 0.717) is 6.54 Å². The first kappa shape index (κ1) is 19.9. The van der Waals surface area contributed by atoms with E-state index in [1.807, 2.05) is 50.7 Å². The summed E-state index contributed by atoms with van der Waals surface area (Å²) in [6.45, 7) is 4.31. The molecule has 1 amide bonds. The summed E-state index contributed by atoms with van der Waals surface area (Å²) in [4.78, 5) is 24.7. The first-order chi connectivity index (χ1) is 14.4. The van der Waals surface area contributed by atoms with Crippen LogP contribution in [-0.4, -0.2) is 38.5 Å². The molecule has 0 aliphatic carbocycles. The van der Waals surface area contributed by atoms with Gasteiger partial charge in [-0.25, -0.2) is 9.97 Å². The Kier molecular flexibility index (Phi) is 5.17. The smallest absolute Gasteiger partial charge is 0.237 e. The lowest BCUT2D eigenvalue weighted by Crippen LogP contribution is -2.43. The molecule has 4 rings (SSSR count). The minimum Gasteiger partial charge on any atom is -0.371 e. The fraction of sp³-hybridized carbons (Fsp3) is 0.318. The average Bonchev–Trinajstić information content (AvgIpc) is 3.34. The predicted molar refractivity (Wildman–Crippen MR) is 120 cm³/mol. The predicted octanol–water partition coefficient (Wildman–Crippen LogP) is 2.76. The van der Waals surface area contributed by atoms with Crippen molar-refractivity contribution in [3.05, 3.63) is 42.2 Å². The zero-order valence-electron chi connectivity index (χ0n) is 17.7. The fourth-order valence-corrected chi connectivity index (χ4v) is 3.59. The monoisotopic (exact) mass is 405 g/mol. The average molecular weight is 406 g/mol. The Morgan fingerprint density at radius 1 is 1.30 bits per heavy atom. The number of aromatic amines is 1. The second kappa shape index (κ2) is 7.79. The third kappa shape index (κ3) is 3.50. The number of anilines is 1. The molecule has 0 spiro atoms. The topological polar surface area (TPSA) is 114 Å². The number of hydrogen-bond donors (Lipinski definition) is 4. The van der Waals surface area contributed by atoms with Gasteiger partial charge in [0.2, 0.25) is 5.91 Å². The van der Waals surface area contributed by atoms with E-state index in [9.17, 15) is 4.79 Å². The maximum absolute atomic E-state index is 12.2. The highest BCUT2D eigenvalue weighted by molar-refractivity contribution is 6.07. The molecule has 156 valence electrons. The molecule has 0 saturated carbocycles.